The molecule has 5 nitrogen and oxygen atoms in total. The lowest BCUT2D eigenvalue weighted by molar-refractivity contribution is -0.141. The van der Waals surface area contributed by atoms with E-state index in [4.69, 9.17) is 0 Å². The Morgan fingerprint density at radius 1 is 1.33 bits per heavy atom. The first kappa shape index (κ1) is 11.6. The molecule has 0 spiro atoms. The lowest BCUT2D eigenvalue weighted by Crippen LogP contribution is -2.06. The molecular formula is C6H13O5P. The highest BCUT2D eigenvalue weighted by Gasteiger charge is 2.22. The summed E-state index contributed by atoms with van der Waals surface area (Å²) >= 11 is 0. The second-order valence-electron chi connectivity index (χ2n) is 1.98. The Morgan fingerprint density at radius 3 is 2.17 bits per heavy atom. The van der Waals surface area contributed by atoms with E-state index in [-0.39, 0.29) is 12.8 Å². The second kappa shape index (κ2) is 5.30. The molecule has 0 radical (unpaired) electrons. The lowest BCUT2D eigenvalue weighted by Gasteiger charge is -2.12. The summed E-state index contributed by atoms with van der Waals surface area (Å²) < 4.78 is 24.9. The minimum absolute atomic E-state index is 0.243. The first-order chi connectivity index (χ1) is 5.58. The molecular weight excluding hydrogens is 183 g/mol. The van der Waals surface area contributed by atoms with Gasteiger partial charge in [-0.2, -0.15) is 0 Å². The summed E-state index contributed by atoms with van der Waals surface area (Å²) in [6, 6.07) is 0. The summed E-state index contributed by atoms with van der Waals surface area (Å²) in [5.41, 5.74) is 0. The maximum atomic E-state index is 11.2. The maximum absolute atomic E-state index is 11.2. The van der Waals surface area contributed by atoms with Gasteiger partial charge in [0.25, 0.3) is 0 Å². The zero-order valence-corrected chi connectivity index (χ0v) is 8.30. The van der Waals surface area contributed by atoms with Gasteiger partial charge in [-0.25, -0.2) is 0 Å². The smallest absolute Gasteiger partial charge is 0.367 e. The van der Waals surface area contributed by atoms with Gasteiger partial charge in [-0.1, -0.05) is 6.92 Å². The SMILES string of the molecule is CCC(=O)OCP(=O)(OC)OC. The third-order valence-electron chi connectivity index (χ3n) is 1.23. The van der Waals surface area contributed by atoms with Crippen molar-refractivity contribution >= 4 is 13.6 Å². The van der Waals surface area contributed by atoms with Gasteiger partial charge in [0, 0.05) is 20.6 Å². The van der Waals surface area contributed by atoms with Crippen LogP contribution < -0.4 is 0 Å². The van der Waals surface area contributed by atoms with Gasteiger partial charge in [0.05, 0.1) is 0 Å². The van der Waals surface area contributed by atoms with Crippen molar-refractivity contribution in [2.75, 3.05) is 20.6 Å². The van der Waals surface area contributed by atoms with E-state index >= 15 is 0 Å². The summed E-state index contributed by atoms with van der Waals surface area (Å²) in [6.07, 6.45) is -0.0832. The summed E-state index contributed by atoms with van der Waals surface area (Å²) in [4.78, 5) is 10.6. The molecule has 0 saturated carbocycles. The molecule has 0 bridgehead atoms. The number of hydrogen-bond donors (Lipinski definition) is 0. The van der Waals surface area contributed by atoms with Crippen LogP contribution in [0.25, 0.3) is 0 Å². The van der Waals surface area contributed by atoms with E-state index in [0.29, 0.717) is 0 Å². The fraction of sp³-hybridized carbons (Fsp3) is 0.833. The first-order valence-corrected chi connectivity index (χ1v) is 5.17. The fourth-order valence-electron chi connectivity index (χ4n) is 0.433. The van der Waals surface area contributed by atoms with Crippen LogP contribution in [0.4, 0.5) is 0 Å². The molecule has 0 aromatic carbocycles. The highest BCUT2D eigenvalue weighted by atomic mass is 31.2. The standard InChI is InChI=1S/C6H13O5P/c1-4-6(7)11-5-12(8,9-2)10-3/h4-5H2,1-3H3. The fourth-order valence-corrected chi connectivity index (χ4v) is 1.10. The molecule has 6 heteroatoms. The summed E-state index contributed by atoms with van der Waals surface area (Å²) in [7, 11) is -0.711. The van der Waals surface area contributed by atoms with Crippen LogP contribution in [0.2, 0.25) is 0 Å². The van der Waals surface area contributed by atoms with Crippen molar-refractivity contribution in [1.29, 1.82) is 0 Å². The van der Waals surface area contributed by atoms with E-state index < -0.39 is 13.6 Å². The summed E-state index contributed by atoms with van der Waals surface area (Å²) in [5.74, 6) is -0.427. The minimum Gasteiger partial charge on any atom is -0.453 e. The summed E-state index contributed by atoms with van der Waals surface area (Å²) in [5, 5.41) is 0. The van der Waals surface area contributed by atoms with Crippen LogP contribution in [0.5, 0.6) is 0 Å². The number of carbonyl (C=O) groups excluding carboxylic acids is 1. The molecule has 0 aromatic rings. The quantitative estimate of drug-likeness (QED) is 0.491. The van der Waals surface area contributed by atoms with Gasteiger partial charge < -0.3 is 13.8 Å². The lowest BCUT2D eigenvalue weighted by atomic mass is 10.5. The van der Waals surface area contributed by atoms with Crippen LogP contribution in [0.15, 0.2) is 0 Å². The second-order valence-corrected chi connectivity index (χ2v) is 4.19. The molecule has 12 heavy (non-hydrogen) atoms. The maximum Gasteiger partial charge on any atom is 0.367 e. The number of ether oxygens (including phenoxy) is 1. The number of hydrogen-bond acceptors (Lipinski definition) is 5. The molecule has 0 aliphatic carbocycles. The van der Waals surface area contributed by atoms with Gasteiger partial charge in [-0.05, 0) is 0 Å². The zero-order chi connectivity index (χ0) is 9.61. The van der Waals surface area contributed by atoms with Gasteiger partial charge in [-0.15, -0.1) is 0 Å². The van der Waals surface area contributed by atoms with Crippen molar-refractivity contribution < 1.29 is 23.1 Å². The average molecular weight is 196 g/mol. The monoisotopic (exact) mass is 196 g/mol. The van der Waals surface area contributed by atoms with E-state index in [2.05, 4.69) is 13.8 Å². The van der Waals surface area contributed by atoms with Gasteiger partial charge >= 0.3 is 13.6 Å². The van der Waals surface area contributed by atoms with Crippen molar-refractivity contribution in [2.24, 2.45) is 0 Å². The van der Waals surface area contributed by atoms with E-state index in [1.54, 1.807) is 6.92 Å². The molecule has 0 rings (SSSR count). The largest absolute Gasteiger partial charge is 0.453 e. The molecule has 0 atom stereocenters. The number of esters is 1. The van der Waals surface area contributed by atoms with Crippen molar-refractivity contribution in [3.8, 4) is 0 Å². The van der Waals surface area contributed by atoms with Gasteiger partial charge in [-0.3, -0.25) is 9.36 Å². The Morgan fingerprint density at radius 2 is 1.83 bits per heavy atom. The van der Waals surface area contributed by atoms with Crippen LogP contribution in [-0.2, 0) is 23.1 Å². The molecule has 0 aliphatic heterocycles. The van der Waals surface area contributed by atoms with E-state index in [9.17, 15) is 9.36 Å². The Bertz CT molecular complexity index is 182. The Hall–Kier alpha value is -0.380. The van der Waals surface area contributed by atoms with E-state index in [1.807, 2.05) is 0 Å². The minimum atomic E-state index is -3.19. The number of carbonyl (C=O) groups is 1. The van der Waals surface area contributed by atoms with E-state index in [0.717, 1.165) is 0 Å². The predicted octanol–water partition coefficient (Wildman–Crippen LogP) is 1.38. The molecule has 0 aliphatic rings. The number of rotatable bonds is 5. The molecule has 0 fully saturated rings. The highest BCUT2D eigenvalue weighted by Crippen LogP contribution is 2.46. The third kappa shape index (κ3) is 3.85. The average Bonchev–Trinajstić information content (AvgIpc) is 2.13. The van der Waals surface area contributed by atoms with Gasteiger partial charge in [0.15, 0.2) is 6.35 Å². The van der Waals surface area contributed by atoms with Crippen molar-refractivity contribution in [3.05, 3.63) is 0 Å². The molecule has 0 unspecified atom stereocenters. The molecule has 0 aromatic heterocycles. The molecule has 0 amide bonds. The molecule has 72 valence electrons. The van der Waals surface area contributed by atoms with Crippen LogP contribution in [0.1, 0.15) is 13.3 Å². The summed E-state index contributed by atoms with van der Waals surface area (Å²) in [6.45, 7) is 1.65. The topological polar surface area (TPSA) is 61.8 Å². The Kier molecular flexibility index (Phi) is 5.13. The normalized spacial score (nSPS) is 11.2. The van der Waals surface area contributed by atoms with Gasteiger partial charge in [0.2, 0.25) is 0 Å². The van der Waals surface area contributed by atoms with Crippen LogP contribution >= 0.6 is 7.60 Å². The van der Waals surface area contributed by atoms with Crippen LogP contribution in [0.3, 0.4) is 0 Å². The first-order valence-electron chi connectivity index (χ1n) is 3.44. The molecule has 0 saturated heterocycles. The Balaban J connectivity index is 3.89. The molecule has 0 N–H and O–H groups in total. The highest BCUT2D eigenvalue weighted by molar-refractivity contribution is 7.53. The van der Waals surface area contributed by atoms with Crippen LogP contribution in [-0.4, -0.2) is 26.5 Å². The van der Waals surface area contributed by atoms with Crippen molar-refractivity contribution in [1.82, 2.24) is 0 Å². The zero-order valence-electron chi connectivity index (χ0n) is 7.40. The van der Waals surface area contributed by atoms with Gasteiger partial charge in [0.1, 0.15) is 0 Å². The van der Waals surface area contributed by atoms with Crippen LogP contribution in [0, 0.1) is 0 Å². The molecule has 0 heterocycles. The third-order valence-corrected chi connectivity index (χ3v) is 2.79. The van der Waals surface area contributed by atoms with E-state index in [1.165, 1.54) is 14.2 Å². The Labute approximate surface area is 71.5 Å². The van der Waals surface area contributed by atoms with Crippen molar-refractivity contribution in [3.63, 3.8) is 0 Å². The van der Waals surface area contributed by atoms with Crippen molar-refractivity contribution in [2.45, 2.75) is 13.3 Å². The predicted molar refractivity (Wildman–Crippen MR) is 42.9 cm³/mol.